The van der Waals surface area contributed by atoms with E-state index in [9.17, 15) is 0 Å². The van der Waals surface area contributed by atoms with Gasteiger partial charge in [-0.1, -0.05) is 60.7 Å². The van der Waals surface area contributed by atoms with Gasteiger partial charge in [0, 0.05) is 7.05 Å². The van der Waals surface area contributed by atoms with E-state index in [1.807, 2.05) is 62.5 Å². The van der Waals surface area contributed by atoms with Gasteiger partial charge in [0.2, 0.25) is 0 Å². The fourth-order valence-corrected chi connectivity index (χ4v) is 2.33. The molecule has 0 bridgehead atoms. The van der Waals surface area contributed by atoms with Gasteiger partial charge in [0.1, 0.15) is 0 Å². The zero-order valence-electron chi connectivity index (χ0n) is 13.2. The van der Waals surface area contributed by atoms with E-state index in [4.69, 9.17) is 12.2 Å². The summed E-state index contributed by atoms with van der Waals surface area (Å²) >= 11 is 5.43. The molecule has 1 atom stereocenters. The van der Waals surface area contributed by atoms with Crippen LogP contribution in [0.1, 0.15) is 31.0 Å². The maximum atomic E-state index is 5.43. The number of hydrogen-bond donors (Lipinski definition) is 1. The molecule has 0 aliphatic carbocycles. The number of thiocarbonyl (C=S) groups is 1. The summed E-state index contributed by atoms with van der Waals surface area (Å²) in [5.74, 6) is 0. The summed E-state index contributed by atoms with van der Waals surface area (Å²) in [6.07, 6.45) is 0. The van der Waals surface area contributed by atoms with E-state index >= 15 is 0 Å². The number of rotatable bonds is 4. The average Bonchev–Trinajstić information content (AvgIpc) is 2.56. The molecule has 0 aliphatic heterocycles. The van der Waals surface area contributed by atoms with Gasteiger partial charge in [-0.3, -0.25) is 0 Å². The van der Waals surface area contributed by atoms with Gasteiger partial charge in [0.05, 0.1) is 11.8 Å². The van der Waals surface area contributed by atoms with Crippen molar-refractivity contribution >= 4 is 23.0 Å². The van der Waals surface area contributed by atoms with Gasteiger partial charge in [0.25, 0.3) is 0 Å². The standard InChI is InChI=1S/C18H21N3S/c1-14(16-10-6-4-7-11-16)19-18(22)21(3)20-15(2)17-12-8-5-9-13-17/h4-14H,1-3H3,(H,19,22)/b20-15+. The van der Waals surface area contributed by atoms with Crippen molar-refractivity contribution in [2.75, 3.05) is 7.05 Å². The molecular weight excluding hydrogens is 290 g/mol. The molecule has 0 saturated carbocycles. The quantitative estimate of drug-likeness (QED) is 0.526. The first-order valence-electron chi connectivity index (χ1n) is 7.27. The topological polar surface area (TPSA) is 27.6 Å². The van der Waals surface area contributed by atoms with Crippen molar-refractivity contribution in [3.8, 4) is 0 Å². The number of benzene rings is 2. The summed E-state index contributed by atoms with van der Waals surface area (Å²) in [4.78, 5) is 0. The van der Waals surface area contributed by atoms with E-state index in [1.165, 1.54) is 5.56 Å². The van der Waals surface area contributed by atoms with E-state index in [0.29, 0.717) is 5.11 Å². The Balaban J connectivity index is 2.00. The molecule has 0 saturated heterocycles. The van der Waals surface area contributed by atoms with Gasteiger partial charge < -0.3 is 5.32 Å². The molecule has 0 heterocycles. The summed E-state index contributed by atoms with van der Waals surface area (Å²) in [5, 5.41) is 10.2. The maximum Gasteiger partial charge on any atom is 0.189 e. The van der Waals surface area contributed by atoms with Crippen LogP contribution in [0.25, 0.3) is 0 Å². The molecule has 0 aliphatic rings. The van der Waals surface area contributed by atoms with Crippen molar-refractivity contribution in [2.45, 2.75) is 19.9 Å². The Morgan fingerprint density at radius 3 is 2.18 bits per heavy atom. The highest BCUT2D eigenvalue weighted by Crippen LogP contribution is 2.11. The molecule has 2 aromatic carbocycles. The van der Waals surface area contributed by atoms with Gasteiger partial charge in [0.15, 0.2) is 5.11 Å². The Labute approximate surface area is 137 Å². The van der Waals surface area contributed by atoms with Crippen molar-refractivity contribution in [1.82, 2.24) is 10.3 Å². The van der Waals surface area contributed by atoms with Crippen LogP contribution in [0.3, 0.4) is 0 Å². The number of hydrazone groups is 1. The van der Waals surface area contributed by atoms with Gasteiger partial charge in [-0.15, -0.1) is 0 Å². The van der Waals surface area contributed by atoms with Crippen molar-refractivity contribution in [3.63, 3.8) is 0 Å². The van der Waals surface area contributed by atoms with E-state index in [0.717, 1.165) is 11.3 Å². The zero-order chi connectivity index (χ0) is 15.9. The molecule has 3 nitrogen and oxygen atoms in total. The largest absolute Gasteiger partial charge is 0.355 e. The second-order valence-electron chi connectivity index (χ2n) is 5.16. The first-order valence-corrected chi connectivity index (χ1v) is 7.68. The van der Waals surface area contributed by atoms with Crippen LogP contribution in [0.2, 0.25) is 0 Å². The lowest BCUT2D eigenvalue weighted by Crippen LogP contribution is -2.36. The molecule has 1 N–H and O–H groups in total. The Hall–Kier alpha value is -2.20. The maximum absolute atomic E-state index is 5.43. The smallest absolute Gasteiger partial charge is 0.189 e. The molecule has 2 rings (SSSR count). The second-order valence-corrected chi connectivity index (χ2v) is 5.54. The Morgan fingerprint density at radius 2 is 1.59 bits per heavy atom. The predicted molar refractivity (Wildman–Crippen MR) is 97.0 cm³/mol. The molecule has 0 spiro atoms. The predicted octanol–water partition coefficient (Wildman–Crippen LogP) is 3.98. The Bertz CT molecular complexity index is 638. The minimum Gasteiger partial charge on any atom is -0.355 e. The van der Waals surface area contributed by atoms with E-state index in [-0.39, 0.29) is 6.04 Å². The van der Waals surface area contributed by atoms with Crippen LogP contribution in [-0.4, -0.2) is 22.9 Å². The SMILES string of the molecule is C/C(=N\N(C)C(=S)NC(C)c1ccccc1)c1ccccc1. The van der Waals surface area contributed by atoms with Crippen molar-refractivity contribution in [3.05, 3.63) is 71.8 Å². The molecule has 2 aromatic rings. The van der Waals surface area contributed by atoms with E-state index in [1.54, 1.807) is 5.01 Å². The summed E-state index contributed by atoms with van der Waals surface area (Å²) in [6.45, 7) is 4.07. The molecule has 4 heteroatoms. The third kappa shape index (κ3) is 4.40. The molecule has 0 fully saturated rings. The Kier molecular flexibility index (Phi) is 5.67. The Morgan fingerprint density at radius 1 is 1.05 bits per heavy atom. The van der Waals surface area contributed by atoms with Crippen LogP contribution >= 0.6 is 12.2 Å². The summed E-state index contributed by atoms with van der Waals surface area (Å²) in [6, 6.07) is 20.4. The molecule has 0 amide bonds. The average molecular weight is 311 g/mol. The molecule has 22 heavy (non-hydrogen) atoms. The lowest BCUT2D eigenvalue weighted by Gasteiger charge is -2.21. The lowest BCUT2D eigenvalue weighted by molar-refractivity contribution is 0.514. The van der Waals surface area contributed by atoms with Gasteiger partial charge >= 0.3 is 0 Å². The highest BCUT2D eigenvalue weighted by molar-refractivity contribution is 7.80. The highest BCUT2D eigenvalue weighted by atomic mass is 32.1. The number of nitrogens with one attached hydrogen (secondary N) is 1. The van der Waals surface area contributed by atoms with Gasteiger partial charge in [-0.2, -0.15) is 5.10 Å². The highest BCUT2D eigenvalue weighted by Gasteiger charge is 2.09. The fraction of sp³-hybridized carbons (Fsp3) is 0.222. The minimum atomic E-state index is 0.142. The number of hydrogen-bond acceptors (Lipinski definition) is 2. The summed E-state index contributed by atoms with van der Waals surface area (Å²) in [7, 11) is 1.86. The van der Waals surface area contributed by atoms with E-state index in [2.05, 4.69) is 29.5 Å². The first kappa shape index (κ1) is 16.2. The zero-order valence-corrected chi connectivity index (χ0v) is 14.0. The van der Waals surface area contributed by atoms with E-state index < -0.39 is 0 Å². The van der Waals surface area contributed by atoms with Crippen LogP contribution in [-0.2, 0) is 0 Å². The van der Waals surface area contributed by atoms with Crippen LogP contribution in [0, 0.1) is 0 Å². The van der Waals surface area contributed by atoms with Gasteiger partial charge in [-0.05, 0) is 37.2 Å². The second kappa shape index (κ2) is 7.71. The van der Waals surface area contributed by atoms with Gasteiger partial charge in [-0.25, -0.2) is 5.01 Å². The van der Waals surface area contributed by atoms with Crippen LogP contribution < -0.4 is 5.32 Å². The third-order valence-corrected chi connectivity index (χ3v) is 3.81. The molecule has 0 radical (unpaired) electrons. The van der Waals surface area contributed by atoms with Crippen LogP contribution in [0.4, 0.5) is 0 Å². The molecule has 0 aromatic heterocycles. The van der Waals surface area contributed by atoms with Crippen LogP contribution in [0.5, 0.6) is 0 Å². The van der Waals surface area contributed by atoms with Crippen LogP contribution in [0.15, 0.2) is 65.8 Å². The van der Waals surface area contributed by atoms with Crippen molar-refractivity contribution in [2.24, 2.45) is 5.10 Å². The van der Waals surface area contributed by atoms with Crippen molar-refractivity contribution in [1.29, 1.82) is 0 Å². The monoisotopic (exact) mass is 311 g/mol. The third-order valence-electron chi connectivity index (χ3n) is 3.43. The minimum absolute atomic E-state index is 0.142. The molecular formula is C18H21N3S. The summed E-state index contributed by atoms with van der Waals surface area (Å²) in [5.41, 5.74) is 3.22. The van der Waals surface area contributed by atoms with Crippen molar-refractivity contribution < 1.29 is 0 Å². The lowest BCUT2D eigenvalue weighted by atomic mass is 10.1. The fourth-order valence-electron chi connectivity index (χ4n) is 2.11. The normalized spacial score (nSPS) is 12.6. The summed E-state index contributed by atoms with van der Waals surface area (Å²) < 4.78 is 0. The molecule has 114 valence electrons. The number of nitrogens with zero attached hydrogens (tertiary/aromatic N) is 2. The molecule has 1 unspecified atom stereocenters. The first-order chi connectivity index (χ1) is 10.6.